The molecule has 1 unspecified atom stereocenters. The minimum atomic E-state index is -0.715. The fraction of sp³-hybridized carbons (Fsp3) is 0.143. The van der Waals surface area contributed by atoms with Crippen LogP contribution in [0.5, 0.6) is 17.2 Å². The van der Waals surface area contributed by atoms with Crippen LogP contribution in [-0.4, -0.2) is 30.4 Å². The summed E-state index contributed by atoms with van der Waals surface area (Å²) < 4.78 is 10.7. The first kappa shape index (κ1) is 18.3. The number of phenols is 1. The number of ether oxygens (including phenoxy) is 2. The molecule has 0 radical (unpaired) electrons. The molecule has 0 aliphatic carbocycles. The Morgan fingerprint density at radius 1 is 1.11 bits per heavy atom. The lowest BCUT2D eigenvalue weighted by Crippen LogP contribution is -2.33. The standard InChI is InChI=1S/C21H20N2O4/c1-14(27-18-9-8-16-5-3-4-6-17(16)12-18)21(25)23-22-13-15-7-10-20(26-2)19(24)11-15/h3-14,24H,1-2H3,(H,23,25)/b22-13+. The van der Waals surface area contributed by atoms with Crippen LogP contribution in [0.2, 0.25) is 0 Å². The normalized spacial score (nSPS) is 12.1. The van der Waals surface area contributed by atoms with E-state index < -0.39 is 6.10 Å². The van der Waals surface area contributed by atoms with Gasteiger partial charge in [0.15, 0.2) is 17.6 Å². The molecule has 27 heavy (non-hydrogen) atoms. The predicted molar refractivity (Wildman–Crippen MR) is 104 cm³/mol. The second-order valence-corrected chi connectivity index (χ2v) is 5.93. The highest BCUT2D eigenvalue weighted by Crippen LogP contribution is 2.25. The van der Waals surface area contributed by atoms with E-state index in [0.29, 0.717) is 17.1 Å². The number of phenolic OH excluding ortho intramolecular Hbond substituents is 1. The van der Waals surface area contributed by atoms with E-state index in [9.17, 15) is 9.90 Å². The van der Waals surface area contributed by atoms with Crippen LogP contribution in [-0.2, 0) is 4.79 Å². The monoisotopic (exact) mass is 364 g/mol. The predicted octanol–water partition coefficient (Wildman–Crippen LogP) is 3.47. The molecule has 6 nitrogen and oxygen atoms in total. The Labute approximate surface area is 157 Å². The Morgan fingerprint density at radius 2 is 1.89 bits per heavy atom. The molecule has 1 atom stereocenters. The highest BCUT2D eigenvalue weighted by Gasteiger charge is 2.14. The van der Waals surface area contributed by atoms with Gasteiger partial charge in [-0.05, 0) is 53.6 Å². The average molecular weight is 364 g/mol. The first-order valence-corrected chi connectivity index (χ1v) is 8.42. The summed E-state index contributed by atoms with van der Waals surface area (Å²) in [7, 11) is 1.47. The maximum atomic E-state index is 12.1. The van der Waals surface area contributed by atoms with Crippen molar-refractivity contribution in [2.24, 2.45) is 5.10 Å². The molecule has 0 aromatic heterocycles. The number of nitrogens with one attached hydrogen (secondary N) is 1. The van der Waals surface area contributed by atoms with Crippen molar-refractivity contribution in [2.45, 2.75) is 13.0 Å². The van der Waals surface area contributed by atoms with Crippen molar-refractivity contribution in [3.63, 3.8) is 0 Å². The summed E-state index contributed by atoms with van der Waals surface area (Å²) in [6, 6.07) is 18.4. The Morgan fingerprint density at radius 3 is 2.63 bits per heavy atom. The Hall–Kier alpha value is -3.54. The van der Waals surface area contributed by atoms with Gasteiger partial charge in [-0.1, -0.05) is 30.3 Å². The highest BCUT2D eigenvalue weighted by atomic mass is 16.5. The van der Waals surface area contributed by atoms with Crippen LogP contribution < -0.4 is 14.9 Å². The van der Waals surface area contributed by atoms with Gasteiger partial charge >= 0.3 is 0 Å². The van der Waals surface area contributed by atoms with Crippen LogP contribution in [0, 0.1) is 0 Å². The van der Waals surface area contributed by atoms with Crippen molar-refractivity contribution >= 4 is 22.9 Å². The molecule has 0 fully saturated rings. The quantitative estimate of drug-likeness (QED) is 0.518. The number of hydrogen-bond donors (Lipinski definition) is 2. The van der Waals surface area contributed by atoms with E-state index in [4.69, 9.17) is 9.47 Å². The number of hydrogen-bond acceptors (Lipinski definition) is 5. The third-order valence-electron chi connectivity index (χ3n) is 3.99. The van der Waals surface area contributed by atoms with E-state index in [0.717, 1.165) is 10.8 Å². The first-order valence-electron chi connectivity index (χ1n) is 8.42. The van der Waals surface area contributed by atoms with Gasteiger partial charge < -0.3 is 14.6 Å². The molecule has 1 amide bonds. The number of rotatable bonds is 6. The number of aromatic hydroxyl groups is 1. The summed E-state index contributed by atoms with van der Waals surface area (Å²) in [5, 5.41) is 15.8. The van der Waals surface area contributed by atoms with E-state index in [1.54, 1.807) is 19.1 Å². The molecule has 0 bridgehead atoms. The maximum Gasteiger partial charge on any atom is 0.280 e. The lowest BCUT2D eigenvalue weighted by molar-refractivity contribution is -0.127. The Kier molecular flexibility index (Phi) is 5.56. The summed E-state index contributed by atoms with van der Waals surface area (Å²) >= 11 is 0. The van der Waals surface area contributed by atoms with Crippen molar-refractivity contribution in [3.8, 4) is 17.2 Å². The van der Waals surface area contributed by atoms with Gasteiger partial charge in [0.1, 0.15) is 5.75 Å². The third kappa shape index (κ3) is 4.55. The van der Waals surface area contributed by atoms with Crippen molar-refractivity contribution < 1.29 is 19.4 Å². The zero-order chi connectivity index (χ0) is 19.2. The van der Waals surface area contributed by atoms with Gasteiger partial charge in [-0.2, -0.15) is 5.10 Å². The van der Waals surface area contributed by atoms with Gasteiger partial charge in [-0.15, -0.1) is 0 Å². The smallest absolute Gasteiger partial charge is 0.280 e. The molecular weight excluding hydrogens is 344 g/mol. The molecule has 3 aromatic carbocycles. The number of methoxy groups -OCH3 is 1. The van der Waals surface area contributed by atoms with Crippen molar-refractivity contribution in [2.75, 3.05) is 7.11 Å². The molecule has 0 aliphatic rings. The molecule has 0 spiro atoms. The molecule has 0 aliphatic heterocycles. The molecule has 0 heterocycles. The van der Waals surface area contributed by atoms with Crippen LogP contribution in [0.15, 0.2) is 65.8 Å². The molecule has 3 rings (SSSR count). The molecule has 6 heteroatoms. The van der Waals surface area contributed by atoms with E-state index in [2.05, 4.69) is 10.5 Å². The second-order valence-electron chi connectivity index (χ2n) is 5.93. The summed E-state index contributed by atoms with van der Waals surface area (Å²) in [6.07, 6.45) is 0.715. The van der Waals surface area contributed by atoms with Gasteiger partial charge in [0.2, 0.25) is 0 Å². The van der Waals surface area contributed by atoms with Crippen LogP contribution in [0.1, 0.15) is 12.5 Å². The fourth-order valence-electron chi connectivity index (χ4n) is 2.55. The van der Waals surface area contributed by atoms with Crippen molar-refractivity contribution in [1.82, 2.24) is 5.43 Å². The molecular formula is C21H20N2O4. The van der Waals surface area contributed by atoms with Crippen molar-refractivity contribution in [3.05, 3.63) is 66.2 Å². The molecule has 0 saturated heterocycles. The fourth-order valence-corrected chi connectivity index (χ4v) is 2.55. The van der Waals surface area contributed by atoms with Crippen LogP contribution in [0.4, 0.5) is 0 Å². The molecule has 2 N–H and O–H groups in total. The van der Waals surface area contributed by atoms with Gasteiger partial charge in [-0.3, -0.25) is 4.79 Å². The molecule has 0 saturated carbocycles. The van der Waals surface area contributed by atoms with Crippen LogP contribution in [0.25, 0.3) is 10.8 Å². The van der Waals surface area contributed by atoms with Crippen LogP contribution >= 0.6 is 0 Å². The number of nitrogens with zero attached hydrogens (tertiary/aromatic N) is 1. The summed E-state index contributed by atoms with van der Waals surface area (Å²) in [5.41, 5.74) is 3.05. The lowest BCUT2D eigenvalue weighted by atomic mass is 10.1. The van der Waals surface area contributed by atoms with E-state index in [1.807, 2.05) is 42.5 Å². The second kappa shape index (κ2) is 8.23. The largest absolute Gasteiger partial charge is 0.504 e. The number of carbonyl (C=O) groups excluding carboxylic acids is 1. The summed E-state index contributed by atoms with van der Waals surface area (Å²) in [4.78, 5) is 12.1. The van der Waals surface area contributed by atoms with E-state index in [1.165, 1.54) is 19.4 Å². The summed E-state index contributed by atoms with van der Waals surface area (Å²) in [6.45, 7) is 1.65. The van der Waals surface area contributed by atoms with Crippen LogP contribution in [0.3, 0.4) is 0 Å². The van der Waals surface area contributed by atoms with E-state index in [-0.39, 0.29) is 11.7 Å². The Balaban J connectivity index is 1.59. The minimum Gasteiger partial charge on any atom is -0.504 e. The third-order valence-corrected chi connectivity index (χ3v) is 3.99. The highest BCUT2D eigenvalue weighted by molar-refractivity contribution is 5.86. The zero-order valence-corrected chi connectivity index (χ0v) is 15.0. The van der Waals surface area contributed by atoms with Gasteiger partial charge in [0.05, 0.1) is 13.3 Å². The number of hydrazone groups is 1. The number of fused-ring (bicyclic) bond motifs is 1. The zero-order valence-electron chi connectivity index (χ0n) is 15.0. The van der Waals surface area contributed by atoms with Gasteiger partial charge in [0, 0.05) is 0 Å². The molecule has 3 aromatic rings. The first-order chi connectivity index (χ1) is 13.1. The van der Waals surface area contributed by atoms with E-state index >= 15 is 0 Å². The number of carbonyl (C=O) groups is 1. The Bertz CT molecular complexity index is 985. The summed E-state index contributed by atoms with van der Waals surface area (Å²) in [5.74, 6) is 0.604. The van der Waals surface area contributed by atoms with Gasteiger partial charge in [-0.25, -0.2) is 5.43 Å². The minimum absolute atomic E-state index is 0.000724. The number of amides is 1. The SMILES string of the molecule is COc1ccc(/C=N/NC(=O)C(C)Oc2ccc3ccccc3c2)cc1O. The maximum absolute atomic E-state index is 12.1. The number of benzene rings is 3. The topological polar surface area (TPSA) is 80.2 Å². The lowest BCUT2D eigenvalue weighted by Gasteiger charge is -2.13. The average Bonchev–Trinajstić information content (AvgIpc) is 2.68. The van der Waals surface area contributed by atoms with Crippen molar-refractivity contribution in [1.29, 1.82) is 0 Å². The molecule has 138 valence electrons. The van der Waals surface area contributed by atoms with Gasteiger partial charge in [0.25, 0.3) is 5.91 Å².